The van der Waals surface area contributed by atoms with Crippen LogP contribution >= 0.6 is 0 Å². The molecule has 1 rings (SSSR count). The zero-order valence-electron chi connectivity index (χ0n) is 11.3. The molecular weight excluding hydrogens is 229 g/mol. The van der Waals surface area contributed by atoms with Crippen molar-refractivity contribution in [3.8, 4) is 0 Å². The van der Waals surface area contributed by atoms with Crippen molar-refractivity contribution in [1.82, 2.24) is 4.90 Å². The summed E-state index contributed by atoms with van der Waals surface area (Å²) >= 11 is 0.616. The summed E-state index contributed by atoms with van der Waals surface area (Å²) in [5.41, 5.74) is -0.404. The Kier molecular flexibility index (Phi) is 5.64. The van der Waals surface area contributed by atoms with Gasteiger partial charge in [0.1, 0.15) is 0 Å². The molecular formula is C12H20NNaO3. The van der Waals surface area contributed by atoms with Gasteiger partial charge in [-0.05, 0) is 0 Å². The molecule has 1 fully saturated rings. The van der Waals surface area contributed by atoms with E-state index in [2.05, 4.69) is 4.90 Å². The Bertz CT molecular complexity index is 291. The number of esters is 1. The third kappa shape index (κ3) is 6.00. The van der Waals surface area contributed by atoms with Gasteiger partial charge >= 0.3 is 121 Å². The molecule has 0 spiro atoms. The van der Waals surface area contributed by atoms with Crippen molar-refractivity contribution >= 4 is 36.9 Å². The van der Waals surface area contributed by atoms with Crippen LogP contribution in [-0.4, -0.2) is 67.1 Å². The van der Waals surface area contributed by atoms with Gasteiger partial charge in [-0.2, -0.15) is 0 Å². The fraction of sp³-hybridized carbons (Fsp3) is 0.833. The number of ether oxygens (including phenoxy) is 1. The van der Waals surface area contributed by atoms with Gasteiger partial charge in [0.05, 0.1) is 0 Å². The number of hydrogen-bond acceptors (Lipinski definition) is 4. The topological polar surface area (TPSA) is 46.6 Å². The van der Waals surface area contributed by atoms with Crippen LogP contribution in [0.1, 0.15) is 33.6 Å². The van der Waals surface area contributed by atoms with Crippen molar-refractivity contribution < 1.29 is 14.3 Å². The molecule has 0 saturated carbocycles. The van der Waals surface area contributed by atoms with E-state index in [1.54, 1.807) is 0 Å². The third-order valence-corrected chi connectivity index (χ3v) is 3.09. The van der Waals surface area contributed by atoms with Crippen molar-refractivity contribution in [2.45, 2.75) is 39.2 Å². The second-order valence-corrected chi connectivity index (χ2v) is 6.90. The Morgan fingerprint density at radius 2 is 1.82 bits per heavy atom. The first-order valence-corrected chi connectivity index (χ1v) is 7.22. The van der Waals surface area contributed by atoms with E-state index in [1.165, 1.54) is 0 Å². The summed E-state index contributed by atoms with van der Waals surface area (Å²) in [4.78, 5) is 25.0. The molecule has 1 saturated heterocycles. The Morgan fingerprint density at radius 1 is 1.29 bits per heavy atom. The molecule has 0 aromatic carbocycles. The number of hydrogen-bond donors (Lipinski definition) is 0. The molecule has 0 aromatic heterocycles. The predicted molar refractivity (Wildman–Crippen MR) is 65.8 cm³/mol. The summed E-state index contributed by atoms with van der Waals surface area (Å²) in [6.07, 6.45) is 1.62. The third-order valence-electron chi connectivity index (χ3n) is 2.77. The minimum atomic E-state index is -0.404. The fourth-order valence-electron chi connectivity index (χ4n) is 2.03. The van der Waals surface area contributed by atoms with E-state index < -0.39 is 5.60 Å². The molecule has 0 bridgehead atoms. The van der Waals surface area contributed by atoms with E-state index in [4.69, 9.17) is 4.74 Å². The fourth-order valence-corrected chi connectivity index (χ4v) is 2.47. The van der Waals surface area contributed by atoms with E-state index in [1.807, 2.05) is 20.8 Å². The first kappa shape index (κ1) is 15.2. The van der Waals surface area contributed by atoms with E-state index in [0.717, 1.165) is 25.9 Å². The molecule has 0 N–H and O–H groups in total. The molecule has 0 unspecified atom stereocenters. The summed E-state index contributed by atoms with van der Waals surface area (Å²) in [5.74, 6) is -0.0796. The molecule has 0 radical (unpaired) electrons. The molecule has 1 aliphatic rings. The SMILES string of the molecule is CC(C)(C)OC(=O)C1CCN(C[C](=O)[Na])CC1. The van der Waals surface area contributed by atoms with Crippen molar-refractivity contribution in [1.29, 1.82) is 0 Å². The molecule has 5 heteroatoms. The van der Waals surface area contributed by atoms with Crippen LogP contribution in [0, 0.1) is 5.92 Å². The summed E-state index contributed by atoms with van der Waals surface area (Å²) in [5, 5.41) is 0. The first-order valence-electron chi connectivity index (χ1n) is 6.22. The average molecular weight is 249 g/mol. The van der Waals surface area contributed by atoms with Gasteiger partial charge in [0, 0.05) is 0 Å². The molecule has 4 nitrogen and oxygen atoms in total. The van der Waals surface area contributed by atoms with Crippen molar-refractivity contribution in [2.75, 3.05) is 19.6 Å². The van der Waals surface area contributed by atoms with Gasteiger partial charge in [0.15, 0.2) is 0 Å². The van der Waals surface area contributed by atoms with E-state index in [-0.39, 0.29) is 11.9 Å². The van der Waals surface area contributed by atoms with Gasteiger partial charge in [0.2, 0.25) is 0 Å². The molecule has 0 aromatic rings. The van der Waals surface area contributed by atoms with Crippen LogP contribution in [0.4, 0.5) is 0 Å². The summed E-state index contributed by atoms with van der Waals surface area (Å²) in [7, 11) is 0. The molecule has 92 valence electrons. The average Bonchev–Trinajstić information content (AvgIpc) is 2.15. The number of rotatable bonds is 3. The molecule has 17 heavy (non-hydrogen) atoms. The van der Waals surface area contributed by atoms with Crippen molar-refractivity contribution in [2.24, 2.45) is 5.92 Å². The first-order chi connectivity index (χ1) is 7.78. The van der Waals surface area contributed by atoms with Crippen LogP contribution in [0.15, 0.2) is 0 Å². The van der Waals surface area contributed by atoms with E-state index >= 15 is 0 Å². The standard InChI is InChI=1S/C12H20NO3.Na/c1-12(2,3)16-11(15)10-4-6-13(7-5-10)8-9-14;/h10H,4-8H2,1-3H3;. The number of nitrogens with zero attached hydrogens (tertiary/aromatic N) is 1. The van der Waals surface area contributed by atoms with Crippen LogP contribution in [0.2, 0.25) is 0 Å². The van der Waals surface area contributed by atoms with Gasteiger partial charge in [0.25, 0.3) is 0 Å². The second-order valence-electron chi connectivity index (χ2n) is 5.79. The minimum absolute atomic E-state index is 0.00896. The quantitative estimate of drug-likeness (QED) is 0.546. The van der Waals surface area contributed by atoms with Crippen LogP contribution < -0.4 is 0 Å². The number of piperidine rings is 1. The van der Waals surface area contributed by atoms with Crippen LogP contribution in [-0.2, 0) is 14.3 Å². The molecule has 0 amide bonds. The summed E-state index contributed by atoms with van der Waals surface area (Å²) in [6.45, 7) is 7.89. The van der Waals surface area contributed by atoms with Gasteiger partial charge in [-0.25, -0.2) is 0 Å². The predicted octanol–water partition coefficient (Wildman–Crippen LogP) is 0.735. The van der Waals surface area contributed by atoms with Crippen LogP contribution in [0.25, 0.3) is 0 Å². The van der Waals surface area contributed by atoms with Crippen molar-refractivity contribution in [3.63, 3.8) is 0 Å². The molecule has 1 aliphatic heterocycles. The van der Waals surface area contributed by atoms with Crippen molar-refractivity contribution in [3.05, 3.63) is 0 Å². The van der Waals surface area contributed by atoms with Crippen LogP contribution in [0.3, 0.4) is 0 Å². The zero-order chi connectivity index (χ0) is 13.1. The zero-order valence-corrected chi connectivity index (χ0v) is 13.3. The van der Waals surface area contributed by atoms with E-state index in [0.29, 0.717) is 37.5 Å². The molecule has 0 aliphatic carbocycles. The van der Waals surface area contributed by atoms with Gasteiger partial charge in [-0.1, -0.05) is 0 Å². The Hall–Kier alpha value is 0.1000. The summed E-state index contributed by atoms with van der Waals surface area (Å²) in [6, 6.07) is 0. The number of likely N-dealkylation sites (tertiary alicyclic amines) is 1. The van der Waals surface area contributed by atoms with Gasteiger partial charge in [-0.3, -0.25) is 0 Å². The van der Waals surface area contributed by atoms with Gasteiger partial charge in [-0.15, -0.1) is 0 Å². The second kappa shape index (κ2) is 6.32. The molecule has 1 heterocycles. The maximum absolute atomic E-state index is 11.8. The Balaban J connectivity index is 2.36. The Morgan fingerprint density at radius 3 is 2.24 bits per heavy atom. The van der Waals surface area contributed by atoms with Gasteiger partial charge < -0.3 is 0 Å². The number of carbonyl (C=O) groups is 2. The summed E-state index contributed by atoms with van der Waals surface area (Å²) < 4.78 is 5.70. The molecule has 0 atom stereocenters. The van der Waals surface area contributed by atoms with E-state index in [9.17, 15) is 9.59 Å². The Labute approximate surface area is 120 Å². The normalized spacial score (nSPS) is 19.1. The van der Waals surface area contributed by atoms with Crippen LogP contribution in [0.5, 0.6) is 0 Å². The maximum atomic E-state index is 11.8. The number of carbonyl (C=O) groups excluding carboxylic acids is 2. The monoisotopic (exact) mass is 249 g/mol.